The Hall–Kier alpha value is -5.68. The molecular weight excluding hydrogens is 701 g/mol. The SMILES string of the molecule is Cc1cc(N2CCN(CC3CCN(c4ccc(Nc5cc6cc(-c7cnc8c(c7C)NCCO8)ccc6cn5)cc4)CC3)CC2)ccc1C1CCC(=O)NC1=O. The standard InChI is InChI=1S/C45H50N8O3/c1-29-23-37(9-10-38(29)39-11-12-42(54)50-44(39)55)53-20-18-51(19-21-53)28-31-13-16-52(17-14-31)36-7-5-35(6-8-36)49-41-25-34-24-32(3-4-33(34)26-47-41)40-27-48-45-43(30(40)2)46-15-22-56-45/h3-10,23-27,31,39,46H,11-22,28H2,1-2H3,(H,47,49)(H,50,54,55). The van der Waals surface area contributed by atoms with Crippen LogP contribution in [0.5, 0.6) is 5.88 Å². The lowest BCUT2D eigenvalue weighted by Crippen LogP contribution is -2.49. The lowest BCUT2D eigenvalue weighted by molar-refractivity contribution is -0.134. The molecule has 0 saturated carbocycles. The second kappa shape index (κ2) is 15.5. The Morgan fingerprint density at radius 2 is 1.59 bits per heavy atom. The van der Waals surface area contributed by atoms with Crippen LogP contribution in [-0.2, 0) is 9.59 Å². The molecule has 11 heteroatoms. The smallest absolute Gasteiger partial charge is 0.237 e. The van der Waals surface area contributed by atoms with Crippen LogP contribution in [0.2, 0.25) is 0 Å². The molecule has 1 atom stereocenters. The van der Waals surface area contributed by atoms with E-state index in [2.05, 4.69) is 116 Å². The number of benzene rings is 3. The van der Waals surface area contributed by atoms with Gasteiger partial charge >= 0.3 is 0 Å². The van der Waals surface area contributed by atoms with Gasteiger partial charge in [-0.25, -0.2) is 9.97 Å². The summed E-state index contributed by atoms with van der Waals surface area (Å²) >= 11 is 0. The van der Waals surface area contributed by atoms with Gasteiger partial charge in [0.05, 0.1) is 5.92 Å². The Kier molecular flexibility index (Phi) is 9.93. The summed E-state index contributed by atoms with van der Waals surface area (Å²) in [4.78, 5) is 41.0. The first-order chi connectivity index (χ1) is 27.3. The quantitative estimate of drug-likeness (QED) is 0.143. The van der Waals surface area contributed by atoms with Crippen molar-refractivity contribution in [3.05, 3.63) is 95.8 Å². The molecule has 6 heterocycles. The van der Waals surface area contributed by atoms with Crippen molar-refractivity contribution in [2.45, 2.75) is 45.4 Å². The van der Waals surface area contributed by atoms with Gasteiger partial charge in [-0.05, 0) is 115 Å². The number of carbonyl (C=O) groups is 2. The first-order valence-corrected chi connectivity index (χ1v) is 20.1. The highest BCUT2D eigenvalue weighted by Gasteiger charge is 2.30. The van der Waals surface area contributed by atoms with E-state index in [0.29, 0.717) is 31.2 Å². The van der Waals surface area contributed by atoms with E-state index in [9.17, 15) is 9.59 Å². The van der Waals surface area contributed by atoms with Crippen LogP contribution in [0.25, 0.3) is 21.9 Å². The van der Waals surface area contributed by atoms with Gasteiger partial charge < -0.3 is 25.2 Å². The van der Waals surface area contributed by atoms with Crippen LogP contribution in [-0.4, -0.2) is 85.6 Å². The molecule has 0 spiro atoms. The van der Waals surface area contributed by atoms with Crippen molar-refractivity contribution >= 4 is 51.2 Å². The van der Waals surface area contributed by atoms with Crippen molar-refractivity contribution in [1.82, 2.24) is 20.2 Å². The van der Waals surface area contributed by atoms with E-state index < -0.39 is 0 Å². The summed E-state index contributed by atoms with van der Waals surface area (Å²) in [5.41, 5.74) is 10.0. The van der Waals surface area contributed by atoms with E-state index in [1.54, 1.807) is 0 Å². The molecule has 9 rings (SSSR count). The number of piperazine rings is 1. The number of nitrogens with zero attached hydrogens (tertiary/aromatic N) is 5. The maximum Gasteiger partial charge on any atom is 0.237 e. The summed E-state index contributed by atoms with van der Waals surface area (Å²) < 4.78 is 5.74. The Morgan fingerprint density at radius 1 is 0.804 bits per heavy atom. The van der Waals surface area contributed by atoms with Crippen LogP contribution in [0, 0.1) is 19.8 Å². The Bertz CT molecular complexity index is 2260. The van der Waals surface area contributed by atoms with Crippen LogP contribution >= 0.6 is 0 Å². The summed E-state index contributed by atoms with van der Waals surface area (Å²) in [6.07, 6.45) is 7.24. The zero-order valence-electron chi connectivity index (χ0n) is 32.3. The molecule has 11 nitrogen and oxygen atoms in total. The average molecular weight is 751 g/mol. The molecule has 0 bridgehead atoms. The molecule has 1 unspecified atom stereocenters. The largest absolute Gasteiger partial charge is 0.474 e. The fraction of sp³-hybridized carbons (Fsp3) is 0.378. The number of aryl methyl sites for hydroxylation is 1. The van der Waals surface area contributed by atoms with E-state index in [0.717, 1.165) is 108 Å². The molecule has 4 aliphatic heterocycles. The zero-order valence-corrected chi connectivity index (χ0v) is 32.3. The lowest BCUT2D eigenvalue weighted by atomic mass is 9.87. The highest BCUT2D eigenvalue weighted by Crippen LogP contribution is 2.37. The number of aromatic nitrogens is 2. The monoisotopic (exact) mass is 750 g/mol. The summed E-state index contributed by atoms with van der Waals surface area (Å²) in [7, 11) is 0. The Morgan fingerprint density at radius 3 is 2.38 bits per heavy atom. The Labute approximate surface area is 328 Å². The normalized spacial score (nSPS) is 19.3. The molecule has 288 valence electrons. The topological polar surface area (TPSA) is 115 Å². The second-order valence-corrected chi connectivity index (χ2v) is 15.8. The minimum atomic E-state index is -0.237. The number of hydrogen-bond donors (Lipinski definition) is 3. The highest BCUT2D eigenvalue weighted by molar-refractivity contribution is 6.01. The molecule has 2 aromatic heterocycles. The highest BCUT2D eigenvalue weighted by atomic mass is 16.5. The first kappa shape index (κ1) is 36.0. The average Bonchev–Trinajstić information content (AvgIpc) is 3.22. The molecule has 0 aliphatic carbocycles. The van der Waals surface area contributed by atoms with Crippen LogP contribution in [0.4, 0.5) is 28.6 Å². The maximum atomic E-state index is 12.4. The van der Waals surface area contributed by atoms with Crippen LogP contribution < -0.4 is 30.5 Å². The molecule has 5 aromatic rings. The number of anilines is 5. The molecule has 3 fully saturated rings. The molecular formula is C45H50N8O3. The third-order valence-corrected chi connectivity index (χ3v) is 12.2. The number of nitrogens with one attached hydrogen (secondary N) is 3. The van der Waals surface area contributed by atoms with Crippen molar-refractivity contribution < 1.29 is 14.3 Å². The van der Waals surface area contributed by atoms with Crippen LogP contribution in [0.3, 0.4) is 0 Å². The van der Waals surface area contributed by atoms with Crippen molar-refractivity contribution in [2.24, 2.45) is 5.92 Å². The van der Waals surface area contributed by atoms with E-state index in [4.69, 9.17) is 9.72 Å². The third-order valence-electron chi connectivity index (χ3n) is 12.2. The van der Waals surface area contributed by atoms with Crippen LogP contribution in [0.15, 0.2) is 79.1 Å². The van der Waals surface area contributed by atoms with Crippen molar-refractivity contribution in [3.63, 3.8) is 0 Å². The van der Waals surface area contributed by atoms with E-state index in [1.165, 1.54) is 24.2 Å². The number of rotatable bonds is 8. The minimum Gasteiger partial charge on any atom is -0.474 e. The van der Waals surface area contributed by atoms with Gasteiger partial charge in [-0.1, -0.05) is 18.2 Å². The number of imide groups is 1. The van der Waals surface area contributed by atoms with Gasteiger partial charge in [-0.3, -0.25) is 19.8 Å². The molecule has 3 N–H and O–H groups in total. The number of hydrogen-bond acceptors (Lipinski definition) is 10. The van der Waals surface area contributed by atoms with Crippen molar-refractivity contribution in [1.29, 1.82) is 0 Å². The fourth-order valence-electron chi connectivity index (χ4n) is 8.96. The summed E-state index contributed by atoms with van der Waals surface area (Å²) in [6, 6.07) is 23.8. The molecule has 3 aromatic carbocycles. The fourth-order valence-corrected chi connectivity index (χ4v) is 8.96. The summed E-state index contributed by atoms with van der Waals surface area (Å²) in [5, 5.41) is 11.7. The van der Waals surface area contributed by atoms with Gasteiger partial charge in [-0.2, -0.15) is 0 Å². The minimum absolute atomic E-state index is 0.168. The number of piperidine rings is 2. The van der Waals surface area contributed by atoms with Gasteiger partial charge in [0.25, 0.3) is 0 Å². The van der Waals surface area contributed by atoms with Gasteiger partial charge in [-0.15, -0.1) is 0 Å². The maximum absolute atomic E-state index is 12.4. The summed E-state index contributed by atoms with van der Waals surface area (Å²) in [6.45, 7) is 13.1. The Balaban J connectivity index is 0.755. The predicted octanol–water partition coefficient (Wildman–Crippen LogP) is 7.02. The molecule has 2 amide bonds. The van der Waals surface area contributed by atoms with E-state index in [-0.39, 0.29) is 17.7 Å². The van der Waals surface area contributed by atoms with Crippen molar-refractivity contribution in [2.75, 3.05) is 79.4 Å². The van der Waals surface area contributed by atoms with Gasteiger partial charge in [0.15, 0.2) is 0 Å². The lowest BCUT2D eigenvalue weighted by Gasteiger charge is -2.40. The molecule has 56 heavy (non-hydrogen) atoms. The number of ether oxygens (including phenoxy) is 1. The van der Waals surface area contributed by atoms with Crippen molar-refractivity contribution in [3.8, 4) is 17.0 Å². The number of amides is 2. The molecule has 3 saturated heterocycles. The second-order valence-electron chi connectivity index (χ2n) is 15.8. The summed E-state index contributed by atoms with van der Waals surface area (Å²) in [5.74, 6) is 1.64. The zero-order chi connectivity index (χ0) is 38.2. The van der Waals surface area contributed by atoms with E-state index >= 15 is 0 Å². The molecule has 0 radical (unpaired) electrons. The third kappa shape index (κ3) is 7.47. The molecule has 4 aliphatic rings. The van der Waals surface area contributed by atoms with Gasteiger partial charge in [0, 0.05) is 99.2 Å². The first-order valence-electron chi connectivity index (χ1n) is 20.1. The number of carbonyl (C=O) groups excluding carboxylic acids is 2. The van der Waals surface area contributed by atoms with Crippen LogP contribution in [0.1, 0.15) is 48.3 Å². The van der Waals surface area contributed by atoms with Gasteiger partial charge in [0.2, 0.25) is 17.7 Å². The van der Waals surface area contributed by atoms with E-state index in [1.807, 2.05) is 12.4 Å². The number of fused-ring (bicyclic) bond motifs is 2. The van der Waals surface area contributed by atoms with Gasteiger partial charge in [0.1, 0.15) is 18.1 Å². The number of pyridine rings is 2. The predicted molar refractivity (Wildman–Crippen MR) is 223 cm³/mol.